The van der Waals surface area contributed by atoms with E-state index in [-0.39, 0.29) is 18.4 Å². The van der Waals surface area contributed by atoms with Crippen LogP contribution in [0, 0.1) is 12.8 Å². The monoisotopic (exact) mass is 309 g/mol. The van der Waals surface area contributed by atoms with Gasteiger partial charge in [0.2, 0.25) is 5.91 Å². The van der Waals surface area contributed by atoms with Crippen LogP contribution >= 0.6 is 0 Å². The molecule has 0 bridgehead atoms. The van der Waals surface area contributed by atoms with E-state index in [1.54, 1.807) is 0 Å². The van der Waals surface area contributed by atoms with Crippen LogP contribution in [0.25, 0.3) is 0 Å². The van der Waals surface area contributed by atoms with Crippen LogP contribution < -0.4 is 5.32 Å². The largest absolute Gasteiger partial charge is 0.388 e. The van der Waals surface area contributed by atoms with Gasteiger partial charge in [-0.1, -0.05) is 60.2 Å². The van der Waals surface area contributed by atoms with E-state index in [1.165, 1.54) is 5.56 Å². The maximum atomic E-state index is 12.3. The molecule has 2 N–H and O–H groups in total. The molecule has 0 aliphatic heterocycles. The van der Waals surface area contributed by atoms with Crippen LogP contribution in [0.1, 0.15) is 48.1 Å². The van der Waals surface area contributed by atoms with Crippen LogP contribution in [-0.4, -0.2) is 11.0 Å². The van der Waals surface area contributed by atoms with Crippen molar-refractivity contribution in [3.63, 3.8) is 0 Å². The molecule has 120 valence electrons. The summed E-state index contributed by atoms with van der Waals surface area (Å²) in [5.74, 6) is 0.425. The van der Waals surface area contributed by atoms with Gasteiger partial charge in [0.15, 0.2) is 0 Å². The summed E-state index contributed by atoms with van der Waals surface area (Å²) in [4.78, 5) is 12.3. The summed E-state index contributed by atoms with van der Waals surface area (Å²) in [5.41, 5.74) is 3.15. The average molecular weight is 309 g/mol. The molecule has 0 spiro atoms. The summed E-state index contributed by atoms with van der Waals surface area (Å²) in [6, 6.07) is 17.7. The molecule has 2 aromatic rings. The van der Waals surface area contributed by atoms with E-state index in [0.717, 1.165) is 24.0 Å². The highest BCUT2D eigenvalue weighted by atomic mass is 16.3. The van der Waals surface area contributed by atoms with Crippen LogP contribution in [0.5, 0.6) is 0 Å². The third kappa shape index (κ3) is 4.20. The molecule has 1 aliphatic carbocycles. The smallest absolute Gasteiger partial charge is 0.223 e. The predicted octanol–water partition coefficient (Wildman–Crippen LogP) is 3.69. The van der Waals surface area contributed by atoms with E-state index >= 15 is 0 Å². The second-order valence-electron chi connectivity index (χ2n) is 6.42. The van der Waals surface area contributed by atoms with Crippen molar-refractivity contribution in [2.24, 2.45) is 5.92 Å². The van der Waals surface area contributed by atoms with Crippen molar-refractivity contribution < 1.29 is 9.90 Å². The minimum Gasteiger partial charge on any atom is -0.388 e. The van der Waals surface area contributed by atoms with Gasteiger partial charge in [-0.25, -0.2) is 0 Å². The number of carbonyl (C=O) groups is 1. The van der Waals surface area contributed by atoms with Crippen LogP contribution in [0.15, 0.2) is 54.6 Å². The van der Waals surface area contributed by atoms with Crippen molar-refractivity contribution in [1.29, 1.82) is 0 Å². The Kier molecular flexibility index (Phi) is 4.77. The van der Waals surface area contributed by atoms with Crippen LogP contribution in [-0.2, 0) is 4.79 Å². The second kappa shape index (κ2) is 6.97. The van der Waals surface area contributed by atoms with Crippen LogP contribution in [0.3, 0.4) is 0 Å². The van der Waals surface area contributed by atoms with Crippen molar-refractivity contribution >= 4 is 5.91 Å². The Morgan fingerprint density at radius 2 is 1.74 bits per heavy atom. The van der Waals surface area contributed by atoms with Crippen molar-refractivity contribution in [2.75, 3.05) is 0 Å². The first kappa shape index (κ1) is 15.8. The third-order valence-electron chi connectivity index (χ3n) is 4.41. The molecule has 0 radical (unpaired) electrons. The zero-order valence-corrected chi connectivity index (χ0v) is 13.4. The summed E-state index contributed by atoms with van der Waals surface area (Å²) in [6.45, 7) is 2.06. The zero-order chi connectivity index (χ0) is 16.2. The first-order chi connectivity index (χ1) is 11.1. The van der Waals surface area contributed by atoms with E-state index in [4.69, 9.17) is 0 Å². The SMILES string of the molecule is Cc1ccc(C(NC(=O)CC(O)c2ccccc2)C2CC2)cc1. The zero-order valence-electron chi connectivity index (χ0n) is 13.4. The van der Waals surface area contributed by atoms with E-state index in [0.29, 0.717) is 5.92 Å². The lowest BCUT2D eigenvalue weighted by Crippen LogP contribution is -2.30. The Bertz CT molecular complexity index is 647. The van der Waals surface area contributed by atoms with E-state index < -0.39 is 6.10 Å². The maximum absolute atomic E-state index is 12.3. The highest BCUT2D eigenvalue weighted by molar-refractivity contribution is 5.77. The fraction of sp³-hybridized carbons (Fsp3) is 0.350. The first-order valence-corrected chi connectivity index (χ1v) is 8.22. The number of benzene rings is 2. The highest BCUT2D eigenvalue weighted by Gasteiger charge is 2.33. The second-order valence-corrected chi connectivity index (χ2v) is 6.42. The summed E-state index contributed by atoms with van der Waals surface area (Å²) in [5, 5.41) is 13.3. The minimum absolute atomic E-state index is 0.0612. The van der Waals surface area contributed by atoms with Crippen molar-refractivity contribution in [2.45, 2.75) is 38.3 Å². The van der Waals surface area contributed by atoms with Gasteiger partial charge in [-0.3, -0.25) is 4.79 Å². The molecule has 3 heteroatoms. The van der Waals surface area contributed by atoms with Gasteiger partial charge in [0.1, 0.15) is 0 Å². The lowest BCUT2D eigenvalue weighted by Gasteiger charge is -2.20. The van der Waals surface area contributed by atoms with Gasteiger partial charge in [0.25, 0.3) is 0 Å². The Hall–Kier alpha value is -2.13. The molecule has 3 rings (SSSR count). The summed E-state index contributed by atoms with van der Waals surface area (Å²) >= 11 is 0. The summed E-state index contributed by atoms with van der Waals surface area (Å²) in [6.07, 6.45) is 1.65. The summed E-state index contributed by atoms with van der Waals surface area (Å²) < 4.78 is 0. The molecule has 2 aromatic carbocycles. The molecule has 1 amide bonds. The normalized spacial score (nSPS) is 16.6. The number of amides is 1. The number of carbonyl (C=O) groups excluding carboxylic acids is 1. The molecule has 0 heterocycles. The van der Waals surface area contributed by atoms with E-state index in [2.05, 4.69) is 36.5 Å². The van der Waals surface area contributed by atoms with Gasteiger partial charge >= 0.3 is 0 Å². The fourth-order valence-corrected chi connectivity index (χ4v) is 2.88. The Labute approximate surface area is 137 Å². The lowest BCUT2D eigenvalue weighted by atomic mass is 10.00. The molecule has 2 atom stereocenters. The Morgan fingerprint density at radius 1 is 1.09 bits per heavy atom. The predicted molar refractivity (Wildman–Crippen MR) is 90.8 cm³/mol. The number of hydrogen-bond acceptors (Lipinski definition) is 2. The van der Waals surface area contributed by atoms with Gasteiger partial charge in [-0.05, 0) is 36.8 Å². The molecule has 3 nitrogen and oxygen atoms in total. The van der Waals surface area contributed by atoms with Crippen LogP contribution in [0.2, 0.25) is 0 Å². The van der Waals surface area contributed by atoms with E-state index in [1.807, 2.05) is 30.3 Å². The van der Waals surface area contributed by atoms with Gasteiger partial charge in [-0.15, -0.1) is 0 Å². The molecular weight excluding hydrogens is 286 g/mol. The third-order valence-corrected chi connectivity index (χ3v) is 4.41. The van der Waals surface area contributed by atoms with Crippen molar-refractivity contribution in [1.82, 2.24) is 5.32 Å². The maximum Gasteiger partial charge on any atom is 0.223 e. The summed E-state index contributed by atoms with van der Waals surface area (Å²) in [7, 11) is 0. The highest BCUT2D eigenvalue weighted by Crippen LogP contribution is 2.41. The van der Waals surface area contributed by atoms with Gasteiger partial charge < -0.3 is 10.4 Å². The standard InChI is InChI=1S/C20H23NO2/c1-14-7-9-16(10-8-14)20(17-11-12-17)21-19(23)13-18(22)15-5-3-2-4-6-15/h2-10,17-18,20,22H,11-13H2,1H3,(H,21,23). The van der Waals surface area contributed by atoms with Gasteiger partial charge in [0.05, 0.1) is 18.6 Å². The first-order valence-electron chi connectivity index (χ1n) is 8.22. The lowest BCUT2D eigenvalue weighted by molar-refractivity contribution is -0.124. The average Bonchev–Trinajstić information content (AvgIpc) is 3.39. The molecule has 1 fully saturated rings. The number of aryl methyl sites for hydroxylation is 1. The number of hydrogen-bond donors (Lipinski definition) is 2. The Balaban J connectivity index is 1.64. The number of aliphatic hydroxyl groups is 1. The van der Waals surface area contributed by atoms with E-state index in [9.17, 15) is 9.90 Å². The minimum atomic E-state index is -0.755. The molecule has 23 heavy (non-hydrogen) atoms. The molecule has 0 aromatic heterocycles. The Morgan fingerprint density at radius 3 is 2.35 bits per heavy atom. The number of nitrogens with one attached hydrogen (secondary N) is 1. The van der Waals surface area contributed by atoms with Gasteiger partial charge in [-0.2, -0.15) is 0 Å². The number of aliphatic hydroxyl groups excluding tert-OH is 1. The molecule has 0 saturated heterocycles. The topological polar surface area (TPSA) is 49.3 Å². The van der Waals surface area contributed by atoms with Crippen molar-refractivity contribution in [3.8, 4) is 0 Å². The fourth-order valence-electron chi connectivity index (χ4n) is 2.88. The quantitative estimate of drug-likeness (QED) is 0.855. The van der Waals surface area contributed by atoms with Crippen LogP contribution in [0.4, 0.5) is 0 Å². The van der Waals surface area contributed by atoms with Crippen molar-refractivity contribution in [3.05, 3.63) is 71.3 Å². The molecular formula is C20H23NO2. The number of rotatable bonds is 6. The molecule has 1 aliphatic rings. The van der Waals surface area contributed by atoms with Gasteiger partial charge in [0, 0.05) is 0 Å². The molecule has 2 unspecified atom stereocenters. The molecule has 1 saturated carbocycles.